The Morgan fingerprint density at radius 2 is 1.92 bits per heavy atom. The molecular formula is C9H18O2S2. The zero-order valence-electron chi connectivity index (χ0n) is 8.38. The van der Waals surface area contributed by atoms with Crippen molar-refractivity contribution in [3.63, 3.8) is 0 Å². The number of thioether (sulfide) groups is 1. The Morgan fingerprint density at radius 1 is 1.23 bits per heavy atom. The fourth-order valence-corrected chi connectivity index (χ4v) is 2.69. The molecule has 13 heavy (non-hydrogen) atoms. The average Bonchev–Trinajstić information content (AvgIpc) is 2.12. The molecule has 0 spiro atoms. The van der Waals surface area contributed by atoms with Gasteiger partial charge in [0.1, 0.15) is 0 Å². The van der Waals surface area contributed by atoms with Crippen LogP contribution in [0, 0.1) is 0 Å². The standard InChI is InChI=1S/C9H18O2S2/c1-3-6-12-9(10)5-8-13(11)7-4-2/h3-8H2,1-2H3. The SMILES string of the molecule is CCCSC(=O)CCS(=O)CCC. The molecule has 0 heterocycles. The topological polar surface area (TPSA) is 34.1 Å². The molecule has 0 N–H and O–H groups in total. The van der Waals surface area contributed by atoms with Crippen LogP contribution in [0.15, 0.2) is 0 Å². The third-order valence-corrected chi connectivity index (χ3v) is 4.09. The largest absolute Gasteiger partial charge is 0.287 e. The van der Waals surface area contributed by atoms with Crippen molar-refractivity contribution < 1.29 is 9.00 Å². The molecule has 0 rings (SSSR count). The lowest BCUT2D eigenvalue weighted by atomic mass is 10.5. The van der Waals surface area contributed by atoms with Crippen LogP contribution >= 0.6 is 11.8 Å². The van der Waals surface area contributed by atoms with E-state index in [1.54, 1.807) is 0 Å². The third-order valence-electron chi connectivity index (χ3n) is 1.43. The van der Waals surface area contributed by atoms with Gasteiger partial charge in [0.2, 0.25) is 0 Å². The third kappa shape index (κ3) is 8.50. The van der Waals surface area contributed by atoms with E-state index in [0.717, 1.165) is 24.3 Å². The Bertz CT molecular complexity index is 169. The minimum atomic E-state index is -0.780. The van der Waals surface area contributed by atoms with Gasteiger partial charge in [-0.3, -0.25) is 9.00 Å². The van der Waals surface area contributed by atoms with Crippen molar-refractivity contribution >= 4 is 27.7 Å². The maximum atomic E-state index is 11.2. The number of rotatable bonds is 7. The highest BCUT2D eigenvalue weighted by Gasteiger charge is 2.04. The van der Waals surface area contributed by atoms with Crippen LogP contribution in [0.5, 0.6) is 0 Å². The summed E-state index contributed by atoms with van der Waals surface area (Å²) in [5.74, 6) is 2.16. The van der Waals surface area contributed by atoms with Gasteiger partial charge >= 0.3 is 0 Å². The average molecular weight is 222 g/mol. The lowest BCUT2D eigenvalue weighted by Gasteiger charge is -1.99. The molecule has 2 nitrogen and oxygen atoms in total. The van der Waals surface area contributed by atoms with Crippen molar-refractivity contribution in [3.05, 3.63) is 0 Å². The molecule has 0 aromatic heterocycles. The Morgan fingerprint density at radius 3 is 2.46 bits per heavy atom. The maximum Gasteiger partial charge on any atom is 0.189 e. The molecule has 0 bridgehead atoms. The van der Waals surface area contributed by atoms with Crippen LogP contribution in [-0.2, 0) is 15.6 Å². The fourth-order valence-electron chi connectivity index (χ4n) is 0.815. The summed E-state index contributed by atoms with van der Waals surface area (Å²) < 4.78 is 11.2. The summed E-state index contributed by atoms with van der Waals surface area (Å²) in [4.78, 5) is 11.1. The van der Waals surface area contributed by atoms with E-state index < -0.39 is 10.8 Å². The molecule has 0 aliphatic heterocycles. The van der Waals surface area contributed by atoms with Gasteiger partial charge in [0.15, 0.2) is 5.12 Å². The second-order valence-electron chi connectivity index (χ2n) is 2.82. The minimum Gasteiger partial charge on any atom is -0.287 e. The van der Waals surface area contributed by atoms with Gasteiger partial charge in [-0.25, -0.2) is 0 Å². The second kappa shape index (κ2) is 8.75. The van der Waals surface area contributed by atoms with Gasteiger partial charge in [0.25, 0.3) is 0 Å². The summed E-state index contributed by atoms with van der Waals surface area (Å²) in [6.45, 7) is 4.06. The molecule has 78 valence electrons. The van der Waals surface area contributed by atoms with Gasteiger partial charge in [0, 0.05) is 34.5 Å². The number of carbonyl (C=O) groups excluding carboxylic acids is 1. The number of carbonyl (C=O) groups is 1. The highest BCUT2D eigenvalue weighted by molar-refractivity contribution is 8.13. The van der Waals surface area contributed by atoms with E-state index in [9.17, 15) is 9.00 Å². The first-order valence-corrected chi connectivity index (χ1v) is 7.18. The molecule has 0 aliphatic rings. The van der Waals surface area contributed by atoms with Crippen LogP contribution in [0.2, 0.25) is 0 Å². The molecule has 1 unspecified atom stereocenters. The molecule has 0 aromatic carbocycles. The molecule has 0 aromatic rings. The van der Waals surface area contributed by atoms with Gasteiger partial charge in [-0.05, 0) is 12.8 Å². The number of hydrogen-bond acceptors (Lipinski definition) is 3. The van der Waals surface area contributed by atoms with E-state index in [0.29, 0.717) is 12.2 Å². The monoisotopic (exact) mass is 222 g/mol. The van der Waals surface area contributed by atoms with E-state index in [1.165, 1.54) is 11.8 Å². The Balaban J connectivity index is 3.40. The molecule has 0 aliphatic carbocycles. The maximum absolute atomic E-state index is 11.2. The molecule has 0 saturated heterocycles. The summed E-state index contributed by atoms with van der Waals surface area (Å²) in [5, 5.41) is 0.186. The van der Waals surface area contributed by atoms with Crippen LogP contribution in [0.1, 0.15) is 33.1 Å². The van der Waals surface area contributed by atoms with Crippen LogP contribution in [0.3, 0.4) is 0 Å². The first-order valence-electron chi connectivity index (χ1n) is 4.71. The van der Waals surface area contributed by atoms with Crippen molar-refractivity contribution in [1.82, 2.24) is 0 Å². The highest BCUT2D eigenvalue weighted by atomic mass is 32.2. The van der Waals surface area contributed by atoms with Crippen molar-refractivity contribution in [2.24, 2.45) is 0 Å². The Labute approximate surface area is 87.3 Å². The molecule has 0 amide bonds. The molecular weight excluding hydrogens is 204 g/mol. The molecule has 4 heteroatoms. The molecule has 1 atom stereocenters. The van der Waals surface area contributed by atoms with E-state index in [4.69, 9.17) is 0 Å². The van der Waals surface area contributed by atoms with Gasteiger partial charge < -0.3 is 0 Å². The molecule has 0 fully saturated rings. The Kier molecular flexibility index (Phi) is 8.87. The van der Waals surface area contributed by atoms with Crippen LogP contribution in [0.25, 0.3) is 0 Å². The first-order chi connectivity index (χ1) is 6.20. The quantitative estimate of drug-likeness (QED) is 0.662. The lowest BCUT2D eigenvalue weighted by molar-refractivity contribution is -0.110. The van der Waals surface area contributed by atoms with Crippen LogP contribution in [0.4, 0.5) is 0 Å². The normalized spacial score (nSPS) is 12.8. The van der Waals surface area contributed by atoms with Gasteiger partial charge in [-0.15, -0.1) is 0 Å². The van der Waals surface area contributed by atoms with E-state index in [1.807, 2.05) is 6.92 Å². The summed E-state index contributed by atoms with van der Waals surface area (Å²) in [6, 6.07) is 0. The van der Waals surface area contributed by atoms with Crippen molar-refractivity contribution in [1.29, 1.82) is 0 Å². The predicted octanol–water partition coefficient (Wildman–Crippen LogP) is 2.21. The summed E-state index contributed by atoms with van der Waals surface area (Å²) in [6.07, 6.45) is 2.43. The predicted molar refractivity (Wildman–Crippen MR) is 60.5 cm³/mol. The smallest absolute Gasteiger partial charge is 0.189 e. The van der Waals surface area contributed by atoms with Crippen molar-refractivity contribution in [3.8, 4) is 0 Å². The lowest BCUT2D eigenvalue weighted by Crippen LogP contribution is -2.06. The van der Waals surface area contributed by atoms with Gasteiger partial charge in [-0.1, -0.05) is 25.6 Å². The van der Waals surface area contributed by atoms with Crippen molar-refractivity contribution in [2.45, 2.75) is 33.1 Å². The highest BCUT2D eigenvalue weighted by Crippen LogP contribution is 2.07. The van der Waals surface area contributed by atoms with Gasteiger partial charge in [0.05, 0.1) is 0 Å². The zero-order chi connectivity index (χ0) is 10.1. The minimum absolute atomic E-state index is 0.186. The zero-order valence-corrected chi connectivity index (χ0v) is 10.0. The van der Waals surface area contributed by atoms with E-state index >= 15 is 0 Å². The van der Waals surface area contributed by atoms with Gasteiger partial charge in [-0.2, -0.15) is 0 Å². The summed E-state index contributed by atoms with van der Waals surface area (Å²) in [5.41, 5.74) is 0. The second-order valence-corrected chi connectivity index (χ2v) is 5.67. The number of hydrogen-bond donors (Lipinski definition) is 0. The van der Waals surface area contributed by atoms with E-state index in [2.05, 4.69) is 6.92 Å². The Hall–Kier alpha value is 0.170. The van der Waals surface area contributed by atoms with Crippen LogP contribution < -0.4 is 0 Å². The fraction of sp³-hybridized carbons (Fsp3) is 0.889. The van der Waals surface area contributed by atoms with E-state index in [-0.39, 0.29) is 5.12 Å². The summed E-state index contributed by atoms with van der Waals surface area (Å²) in [7, 11) is -0.780. The molecule has 0 saturated carbocycles. The van der Waals surface area contributed by atoms with Crippen LogP contribution in [-0.4, -0.2) is 26.6 Å². The summed E-state index contributed by atoms with van der Waals surface area (Å²) >= 11 is 1.36. The molecule has 0 radical (unpaired) electrons. The van der Waals surface area contributed by atoms with Crippen molar-refractivity contribution in [2.75, 3.05) is 17.3 Å². The first kappa shape index (κ1) is 13.2.